The van der Waals surface area contributed by atoms with E-state index in [1.807, 2.05) is 13.8 Å². The molecule has 20 heavy (non-hydrogen) atoms. The number of nitrogens with zero attached hydrogens (tertiary/aromatic N) is 1. The number of alkyl halides is 3. The number of nitrogens with one attached hydrogen (secondary N) is 1. The van der Waals surface area contributed by atoms with Crippen molar-refractivity contribution in [1.29, 1.82) is 0 Å². The second-order valence-electron chi connectivity index (χ2n) is 5.26. The number of hydrogen-bond donors (Lipinski definition) is 1. The van der Waals surface area contributed by atoms with Gasteiger partial charge < -0.3 is 5.32 Å². The van der Waals surface area contributed by atoms with Crippen LogP contribution < -0.4 is 10.2 Å². The number of amides is 2. The molecule has 0 aromatic heterocycles. The van der Waals surface area contributed by atoms with Gasteiger partial charge >= 0.3 is 11.5 Å². The van der Waals surface area contributed by atoms with Crippen molar-refractivity contribution in [3.8, 4) is 0 Å². The zero-order chi connectivity index (χ0) is 15.0. The molecule has 0 aliphatic carbocycles. The first-order valence-electron chi connectivity index (χ1n) is 6.12. The fourth-order valence-corrected chi connectivity index (χ4v) is 2.53. The minimum Gasteiger partial charge on any atom is -0.333 e. The molecule has 2 amide bonds. The predicted octanol–water partition coefficient (Wildman–Crippen LogP) is 4.00. The lowest BCUT2D eigenvalue weighted by Gasteiger charge is -2.37. The SMILES string of the molecule is CC1(C)CCN(c2ccc(SC(F)(F)F)cc2)C(=O)N1. The number of benzene rings is 1. The third kappa shape index (κ3) is 3.82. The van der Waals surface area contributed by atoms with Gasteiger partial charge in [-0.05, 0) is 56.3 Å². The van der Waals surface area contributed by atoms with Crippen LogP contribution in [0, 0.1) is 0 Å². The summed E-state index contributed by atoms with van der Waals surface area (Å²) in [6.45, 7) is 4.42. The van der Waals surface area contributed by atoms with Crippen molar-refractivity contribution in [3.63, 3.8) is 0 Å². The molecule has 0 saturated carbocycles. The first kappa shape index (κ1) is 15.0. The molecule has 1 aliphatic heterocycles. The van der Waals surface area contributed by atoms with Crippen LogP contribution in [0.1, 0.15) is 20.3 Å². The topological polar surface area (TPSA) is 32.3 Å². The van der Waals surface area contributed by atoms with Crippen molar-refractivity contribution < 1.29 is 18.0 Å². The van der Waals surface area contributed by atoms with Gasteiger partial charge in [-0.15, -0.1) is 0 Å². The Morgan fingerprint density at radius 1 is 1.25 bits per heavy atom. The van der Waals surface area contributed by atoms with Crippen LogP contribution in [-0.2, 0) is 0 Å². The molecular weight excluding hydrogens is 289 g/mol. The molecule has 1 aromatic rings. The average Bonchev–Trinajstić information content (AvgIpc) is 2.27. The summed E-state index contributed by atoms with van der Waals surface area (Å²) in [6.07, 6.45) is 0.776. The fraction of sp³-hybridized carbons (Fsp3) is 0.462. The van der Waals surface area contributed by atoms with E-state index in [9.17, 15) is 18.0 Å². The van der Waals surface area contributed by atoms with E-state index in [1.165, 1.54) is 29.2 Å². The van der Waals surface area contributed by atoms with Gasteiger partial charge in [-0.1, -0.05) is 0 Å². The number of rotatable bonds is 2. The average molecular weight is 304 g/mol. The second kappa shape index (κ2) is 5.20. The monoisotopic (exact) mass is 304 g/mol. The molecule has 1 heterocycles. The van der Waals surface area contributed by atoms with Gasteiger partial charge in [-0.2, -0.15) is 13.2 Å². The summed E-state index contributed by atoms with van der Waals surface area (Å²) in [4.78, 5) is 13.6. The van der Waals surface area contributed by atoms with Crippen LogP contribution in [0.3, 0.4) is 0 Å². The quantitative estimate of drug-likeness (QED) is 0.838. The molecule has 1 aromatic carbocycles. The van der Waals surface area contributed by atoms with Gasteiger partial charge in [-0.3, -0.25) is 4.90 Å². The summed E-state index contributed by atoms with van der Waals surface area (Å²) < 4.78 is 36.7. The Hall–Kier alpha value is -1.37. The summed E-state index contributed by atoms with van der Waals surface area (Å²) in [6, 6.07) is 5.59. The van der Waals surface area contributed by atoms with Gasteiger partial charge in [0.1, 0.15) is 0 Å². The van der Waals surface area contributed by atoms with E-state index >= 15 is 0 Å². The van der Waals surface area contributed by atoms with Gasteiger partial charge in [0.25, 0.3) is 0 Å². The summed E-state index contributed by atoms with van der Waals surface area (Å²) in [5.41, 5.74) is -3.95. The number of thioether (sulfide) groups is 1. The molecule has 1 N–H and O–H groups in total. The normalized spacial score (nSPS) is 18.9. The molecule has 0 bridgehead atoms. The summed E-state index contributed by atoms with van der Waals surface area (Å²) >= 11 is -0.162. The van der Waals surface area contributed by atoms with Crippen LogP contribution >= 0.6 is 11.8 Å². The van der Waals surface area contributed by atoms with E-state index in [0.29, 0.717) is 12.2 Å². The van der Waals surface area contributed by atoms with E-state index in [4.69, 9.17) is 0 Å². The van der Waals surface area contributed by atoms with E-state index in [1.54, 1.807) is 0 Å². The van der Waals surface area contributed by atoms with Crippen LogP contribution in [0.5, 0.6) is 0 Å². The predicted molar refractivity (Wildman–Crippen MR) is 72.9 cm³/mol. The number of carbonyl (C=O) groups excluding carboxylic acids is 1. The lowest BCUT2D eigenvalue weighted by atomic mass is 9.98. The van der Waals surface area contributed by atoms with Crippen molar-refractivity contribution in [2.24, 2.45) is 0 Å². The molecule has 0 atom stereocenters. The maximum absolute atomic E-state index is 12.2. The molecule has 0 radical (unpaired) electrons. The Morgan fingerprint density at radius 2 is 1.85 bits per heavy atom. The Labute approximate surface area is 119 Å². The lowest BCUT2D eigenvalue weighted by Crippen LogP contribution is -2.57. The van der Waals surface area contributed by atoms with E-state index in [-0.39, 0.29) is 28.2 Å². The first-order valence-corrected chi connectivity index (χ1v) is 6.93. The molecule has 1 saturated heterocycles. The van der Waals surface area contributed by atoms with E-state index < -0.39 is 5.51 Å². The van der Waals surface area contributed by atoms with Gasteiger partial charge in [-0.25, -0.2) is 4.79 Å². The van der Waals surface area contributed by atoms with Crippen molar-refractivity contribution in [3.05, 3.63) is 24.3 Å². The maximum atomic E-state index is 12.2. The molecule has 7 heteroatoms. The lowest BCUT2D eigenvalue weighted by molar-refractivity contribution is -0.0328. The molecule has 3 nitrogen and oxygen atoms in total. The Balaban J connectivity index is 2.09. The number of urea groups is 1. The minimum atomic E-state index is -4.30. The molecule has 0 spiro atoms. The highest BCUT2D eigenvalue weighted by Crippen LogP contribution is 2.37. The number of hydrogen-bond acceptors (Lipinski definition) is 2. The number of carbonyl (C=O) groups is 1. The summed E-state index contributed by atoms with van der Waals surface area (Å²) in [7, 11) is 0. The highest BCUT2D eigenvalue weighted by Gasteiger charge is 2.32. The third-order valence-corrected chi connectivity index (χ3v) is 3.77. The molecule has 110 valence electrons. The van der Waals surface area contributed by atoms with E-state index in [0.717, 1.165) is 6.42 Å². The van der Waals surface area contributed by atoms with Gasteiger partial charge in [0, 0.05) is 22.7 Å². The highest BCUT2D eigenvalue weighted by molar-refractivity contribution is 8.00. The van der Waals surface area contributed by atoms with Crippen LogP contribution in [0.2, 0.25) is 0 Å². The molecule has 2 rings (SSSR count). The van der Waals surface area contributed by atoms with Crippen LogP contribution in [0.25, 0.3) is 0 Å². The van der Waals surface area contributed by atoms with Gasteiger partial charge in [0.05, 0.1) is 0 Å². The molecule has 1 aliphatic rings. The largest absolute Gasteiger partial charge is 0.446 e. The van der Waals surface area contributed by atoms with Crippen LogP contribution in [-0.4, -0.2) is 23.6 Å². The Bertz CT molecular complexity index is 499. The second-order valence-corrected chi connectivity index (χ2v) is 6.40. The standard InChI is InChI=1S/C13H15F3N2OS/c1-12(2)7-8-18(11(19)17-12)9-3-5-10(6-4-9)20-13(14,15)16/h3-6H,7-8H2,1-2H3,(H,17,19). The van der Waals surface area contributed by atoms with E-state index in [2.05, 4.69) is 5.32 Å². The zero-order valence-electron chi connectivity index (χ0n) is 11.1. The van der Waals surface area contributed by atoms with Gasteiger partial charge in [0.2, 0.25) is 0 Å². The Morgan fingerprint density at radius 3 is 2.35 bits per heavy atom. The molecule has 1 fully saturated rings. The minimum absolute atomic E-state index is 0.110. The van der Waals surface area contributed by atoms with Crippen molar-refractivity contribution >= 4 is 23.5 Å². The Kier molecular flexibility index (Phi) is 3.90. The number of anilines is 1. The van der Waals surface area contributed by atoms with Gasteiger partial charge in [0.15, 0.2) is 0 Å². The van der Waals surface area contributed by atoms with Crippen molar-refractivity contribution in [1.82, 2.24) is 5.32 Å². The third-order valence-electron chi connectivity index (χ3n) is 3.03. The van der Waals surface area contributed by atoms with Crippen molar-refractivity contribution in [2.75, 3.05) is 11.4 Å². The highest BCUT2D eigenvalue weighted by atomic mass is 32.2. The van der Waals surface area contributed by atoms with Crippen molar-refractivity contribution in [2.45, 2.75) is 36.2 Å². The molecule has 0 unspecified atom stereocenters. The molecular formula is C13H15F3N2OS. The summed E-state index contributed by atoms with van der Waals surface area (Å²) in [5, 5.41) is 2.86. The smallest absolute Gasteiger partial charge is 0.333 e. The summed E-state index contributed by atoms with van der Waals surface area (Å²) in [5.74, 6) is 0. The first-order chi connectivity index (χ1) is 9.16. The zero-order valence-corrected chi connectivity index (χ0v) is 11.9. The maximum Gasteiger partial charge on any atom is 0.446 e. The van der Waals surface area contributed by atoms with Crippen LogP contribution in [0.4, 0.5) is 23.7 Å². The fourth-order valence-electron chi connectivity index (χ4n) is 1.99. The van der Waals surface area contributed by atoms with Crippen LogP contribution in [0.15, 0.2) is 29.2 Å². The number of halogens is 3.